The Morgan fingerprint density at radius 2 is 1.91 bits per heavy atom. The highest BCUT2D eigenvalue weighted by molar-refractivity contribution is 5.46. The van der Waals surface area contributed by atoms with Gasteiger partial charge in [-0.2, -0.15) is 0 Å². The Hall–Kier alpha value is -2.59. The molecule has 4 heteroatoms. The summed E-state index contributed by atoms with van der Waals surface area (Å²) in [4.78, 5) is 10.8. The molecule has 0 heterocycles. The van der Waals surface area contributed by atoms with E-state index in [1.807, 2.05) is 60.7 Å². The number of hydroxylamine groups is 2. The van der Waals surface area contributed by atoms with Crippen LogP contribution >= 0.6 is 0 Å². The van der Waals surface area contributed by atoms with Gasteiger partial charge >= 0.3 is 0 Å². The molecule has 0 unspecified atom stereocenters. The SMILES string of the molecule is O=CN(O)[C@H]1CC=C[C@@H]1Cc1cccc(Oc2ccccc2)c1. The van der Waals surface area contributed by atoms with E-state index in [1.54, 1.807) is 0 Å². The second kappa shape index (κ2) is 7.11. The predicted octanol–water partition coefficient (Wildman–Crippen LogP) is 3.81. The molecule has 1 N–H and O–H groups in total. The van der Waals surface area contributed by atoms with Gasteiger partial charge in [-0.1, -0.05) is 42.5 Å². The van der Waals surface area contributed by atoms with Crippen molar-refractivity contribution in [3.63, 3.8) is 0 Å². The van der Waals surface area contributed by atoms with E-state index in [2.05, 4.69) is 6.08 Å². The van der Waals surface area contributed by atoms with Crippen LogP contribution in [0.15, 0.2) is 66.7 Å². The van der Waals surface area contributed by atoms with Crippen molar-refractivity contribution in [1.29, 1.82) is 0 Å². The number of para-hydroxylation sites is 1. The first-order chi connectivity index (χ1) is 11.3. The molecule has 0 saturated heterocycles. The molecular weight excluding hydrogens is 290 g/mol. The van der Waals surface area contributed by atoms with E-state index in [0.29, 0.717) is 12.8 Å². The minimum absolute atomic E-state index is 0.108. The summed E-state index contributed by atoms with van der Waals surface area (Å²) in [6.07, 6.45) is 5.96. The van der Waals surface area contributed by atoms with Gasteiger partial charge in [0, 0.05) is 5.92 Å². The summed E-state index contributed by atoms with van der Waals surface area (Å²) >= 11 is 0. The van der Waals surface area contributed by atoms with Crippen LogP contribution in [-0.4, -0.2) is 22.7 Å². The van der Waals surface area contributed by atoms with Gasteiger partial charge in [-0.3, -0.25) is 10.0 Å². The monoisotopic (exact) mass is 309 g/mol. The van der Waals surface area contributed by atoms with Gasteiger partial charge in [0.2, 0.25) is 6.41 Å². The molecule has 3 rings (SSSR count). The van der Waals surface area contributed by atoms with Crippen molar-refractivity contribution < 1.29 is 14.7 Å². The smallest absolute Gasteiger partial charge is 0.233 e. The van der Waals surface area contributed by atoms with E-state index in [-0.39, 0.29) is 12.0 Å². The summed E-state index contributed by atoms with van der Waals surface area (Å²) in [5.41, 5.74) is 1.11. The van der Waals surface area contributed by atoms with E-state index in [4.69, 9.17) is 4.74 Å². The van der Waals surface area contributed by atoms with Crippen molar-refractivity contribution in [1.82, 2.24) is 5.06 Å². The Kier molecular flexibility index (Phi) is 4.74. The molecule has 2 aromatic carbocycles. The number of benzene rings is 2. The number of hydrogen-bond donors (Lipinski definition) is 1. The van der Waals surface area contributed by atoms with E-state index in [9.17, 15) is 10.0 Å². The fourth-order valence-corrected chi connectivity index (χ4v) is 2.91. The molecule has 0 radical (unpaired) electrons. The number of hydrogen-bond acceptors (Lipinski definition) is 3. The highest BCUT2D eigenvalue weighted by atomic mass is 16.5. The zero-order valence-corrected chi connectivity index (χ0v) is 12.7. The molecular formula is C19H19NO3. The van der Waals surface area contributed by atoms with Crippen LogP contribution in [0.3, 0.4) is 0 Å². The Morgan fingerprint density at radius 3 is 2.70 bits per heavy atom. The van der Waals surface area contributed by atoms with Gasteiger partial charge in [0.15, 0.2) is 0 Å². The highest BCUT2D eigenvalue weighted by Crippen LogP contribution is 2.28. The van der Waals surface area contributed by atoms with E-state index >= 15 is 0 Å². The third-order valence-corrected chi connectivity index (χ3v) is 4.05. The first kappa shape index (κ1) is 15.3. The van der Waals surface area contributed by atoms with Crippen molar-refractivity contribution in [3.8, 4) is 11.5 Å². The predicted molar refractivity (Wildman–Crippen MR) is 87.4 cm³/mol. The van der Waals surface area contributed by atoms with Gasteiger partial charge in [0.05, 0.1) is 6.04 Å². The van der Waals surface area contributed by atoms with Crippen LogP contribution < -0.4 is 4.74 Å². The maximum Gasteiger partial charge on any atom is 0.233 e. The van der Waals surface area contributed by atoms with Gasteiger partial charge in [0.25, 0.3) is 0 Å². The molecule has 1 amide bonds. The number of nitrogens with zero attached hydrogens (tertiary/aromatic N) is 1. The van der Waals surface area contributed by atoms with E-state index in [1.165, 1.54) is 0 Å². The van der Waals surface area contributed by atoms with Crippen molar-refractivity contribution in [3.05, 3.63) is 72.3 Å². The molecule has 2 aromatic rings. The van der Waals surface area contributed by atoms with Gasteiger partial charge in [0.1, 0.15) is 11.5 Å². The fraction of sp³-hybridized carbons (Fsp3) is 0.211. The van der Waals surface area contributed by atoms with Gasteiger partial charge in [-0.15, -0.1) is 0 Å². The van der Waals surface area contributed by atoms with Crippen molar-refractivity contribution in [2.45, 2.75) is 18.9 Å². The second-order valence-corrected chi connectivity index (χ2v) is 5.65. The lowest BCUT2D eigenvalue weighted by Gasteiger charge is -2.24. The fourth-order valence-electron chi connectivity index (χ4n) is 2.91. The van der Waals surface area contributed by atoms with Crippen molar-refractivity contribution in [2.75, 3.05) is 0 Å². The number of carbonyl (C=O) groups is 1. The van der Waals surface area contributed by atoms with Crippen LogP contribution in [0.1, 0.15) is 12.0 Å². The Bertz CT molecular complexity index is 684. The molecule has 0 aliphatic heterocycles. The zero-order chi connectivity index (χ0) is 16.1. The van der Waals surface area contributed by atoms with Crippen molar-refractivity contribution in [2.24, 2.45) is 5.92 Å². The highest BCUT2D eigenvalue weighted by Gasteiger charge is 2.27. The van der Waals surface area contributed by atoms with Gasteiger partial charge in [-0.25, -0.2) is 5.06 Å². The Balaban J connectivity index is 1.70. The summed E-state index contributed by atoms with van der Waals surface area (Å²) in [6.45, 7) is 0. The molecule has 2 atom stereocenters. The molecule has 1 aliphatic rings. The molecule has 0 fully saturated rings. The molecule has 0 spiro atoms. The second-order valence-electron chi connectivity index (χ2n) is 5.65. The normalized spacial score (nSPS) is 19.5. The first-order valence-electron chi connectivity index (χ1n) is 7.67. The molecule has 0 aromatic heterocycles. The molecule has 0 saturated carbocycles. The van der Waals surface area contributed by atoms with Crippen LogP contribution in [0.25, 0.3) is 0 Å². The maximum atomic E-state index is 10.8. The number of ether oxygens (including phenoxy) is 1. The van der Waals surface area contributed by atoms with E-state index in [0.717, 1.165) is 28.5 Å². The Labute approximate surface area is 135 Å². The third kappa shape index (κ3) is 3.79. The minimum Gasteiger partial charge on any atom is -0.457 e. The van der Waals surface area contributed by atoms with Crippen molar-refractivity contribution >= 4 is 6.41 Å². The number of rotatable bonds is 6. The molecule has 23 heavy (non-hydrogen) atoms. The lowest BCUT2D eigenvalue weighted by Crippen LogP contribution is -2.35. The van der Waals surface area contributed by atoms with Crippen LogP contribution in [0.2, 0.25) is 0 Å². The number of amides is 1. The lowest BCUT2D eigenvalue weighted by molar-refractivity contribution is -0.162. The third-order valence-electron chi connectivity index (χ3n) is 4.05. The van der Waals surface area contributed by atoms with E-state index < -0.39 is 0 Å². The summed E-state index contributed by atoms with van der Waals surface area (Å²) < 4.78 is 5.84. The molecule has 0 bridgehead atoms. The summed E-state index contributed by atoms with van der Waals surface area (Å²) in [5, 5.41) is 10.4. The standard InChI is InChI=1S/C19H19NO3/c21-14-20(22)19-11-5-7-16(19)12-15-6-4-10-18(13-15)23-17-8-2-1-3-9-17/h1-10,13-14,16,19,22H,11-12H2/t16-,19+/m1/s1. The first-order valence-corrected chi connectivity index (χ1v) is 7.67. The lowest BCUT2D eigenvalue weighted by atomic mass is 9.95. The molecule has 118 valence electrons. The summed E-state index contributed by atoms with van der Waals surface area (Å²) in [7, 11) is 0. The molecule has 4 nitrogen and oxygen atoms in total. The summed E-state index contributed by atoms with van der Waals surface area (Å²) in [6, 6.07) is 17.4. The topological polar surface area (TPSA) is 49.8 Å². The maximum absolute atomic E-state index is 10.8. The van der Waals surface area contributed by atoms with Gasteiger partial charge < -0.3 is 4.74 Å². The van der Waals surface area contributed by atoms with Crippen LogP contribution in [0.4, 0.5) is 0 Å². The zero-order valence-electron chi connectivity index (χ0n) is 12.7. The summed E-state index contributed by atoms with van der Waals surface area (Å²) in [5.74, 6) is 1.69. The average molecular weight is 309 g/mol. The Morgan fingerprint density at radius 1 is 1.13 bits per heavy atom. The average Bonchev–Trinajstić information content (AvgIpc) is 3.03. The van der Waals surface area contributed by atoms with Gasteiger partial charge in [-0.05, 0) is 42.7 Å². The minimum atomic E-state index is -0.189. The largest absolute Gasteiger partial charge is 0.457 e. The van der Waals surface area contributed by atoms with Crippen LogP contribution in [-0.2, 0) is 11.2 Å². The van der Waals surface area contributed by atoms with Crippen LogP contribution in [0.5, 0.6) is 11.5 Å². The number of carbonyl (C=O) groups excluding carboxylic acids is 1. The quantitative estimate of drug-likeness (QED) is 0.382. The van der Waals surface area contributed by atoms with Crippen LogP contribution in [0, 0.1) is 5.92 Å². The molecule has 1 aliphatic carbocycles.